The summed E-state index contributed by atoms with van der Waals surface area (Å²) >= 11 is 5.94. The summed E-state index contributed by atoms with van der Waals surface area (Å²) in [6, 6.07) is 6.58. The quantitative estimate of drug-likeness (QED) is 0.799. The highest BCUT2D eigenvalue weighted by Gasteiger charge is 2.32. The molecule has 110 valence electrons. The molecule has 2 unspecified atom stereocenters. The molecule has 0 aliphatic heterocycles. The molecular formula is C15H19ClO3S. The van der Waals surface area contributed by atoms with Crippen molar-refractivity contribution < 1.29 is 13.2 Å². The Hall–Kier alpha value is -0.870. The average Bonchev–Trinajstić information content (AvgIpc) is 2.38. The lowest BCUT2D eigenvalue weighted by atomic mass is 9.91. The minimum absolute atomic E-state index is 0.293. The molecule has 1 aliphatic rings. The van der Waals surface area contributed by atoms with E-state index in [0.717, 1.165) is 12.8 Å². The Labute approximate surface area is 125 Å². The number of ketones is 1. The van der Waals surface area contributed by atoms with Crippen molar-refractivity contribution in [1.29, 1.82) is 0 Å². The molecule has 3 nitrogen and oxygen atoms in total. The largest absolute Gasteiger partial charge is 0.293 e. The monoisotopic (exact) mass is 314 g/mol. The fraction of sp³-hybridized carbons (Fsp3) is 0.533. The number of Topliss-reactive ketones (excluding diaryl/α,β-unsaturated/α-hetero) is 1. The van der Waals surface area contributed by atoms with Crippen LogP contribution >= 0.6 is 11.6 Å². The van der Waals surface area contributed by atoms with Crippen LogP contribution in [0.4, 0.5) is 0 Å². The Bertz CT molecular complexity index is 595. The molecule has 1 saturated carbocycles. The van der Waals surface area contributed by atoms with E-state index in [4.69, 9.17) is 11.6 Å². The number of benzene rings is 1. The van der Waals surface area contributed by atoms with Crippen LogP contribution in [0.3, 0.4) is 0 Å². The van der Waals surface area contributed by atoms with Gasteiger partial charge in [-0.1, -0.05) is 43.5 Å². The maximum Gasteiger partial charge on any atom is 0.179 e. The van der Waals surface area contributed by atoms with Gasteiger partial charge in [-0.2, -0.15) is 0 Å². The van der Waals surface area contributed by atoms with Gasteiger partial charge in [-0.3, -0.25) is 4.79 Å². The fourth-order valence-electron chi connectivity index (χ4n) is 2.77. The van der Waals surface area contributed by atoms with Crippen molar-refractivity contribution in [3.63, 3.8) is 0 Å². The third kappa shape index (κ3) is 3.61. The summed E-state index contributed by atoms with van der Waals surface area (Å²) in [5.74, 6) is -0.429. The van der Waals surface area contributed by atoms with E-state index >= 15 is 0 Å². The van der Waals surface area contributed by atoms with Crippen LogP contribution in [-0.2, 0) is 9.84 Å². The van der Waals surface area contributed by atoms with E-state index in [1.807, 2.05) is 0 Å². The predicted molar refractivity (Wildman–Crippen MR) is 81.0 cm³/mol. The molecule has 1 aromatic rings. The maximum absolute atomic E-state index is 12.4. The van der Waals surface area contributed by atoms with Gasteiger partial charge in [0.15, 0.2) is 15.6 Å². The molecule has 0 bridgehead atoms. The first-order valence-corrected chi connectivity index (χ1v) is 8.99. The summed E-state index contributed by atoms with van der Waals surface area (Å²) in [6.07, 6.45) is 3.33. The Morgan fingerprint density at radius 3 is 2.65 bits per heavy atom. The Morgan fingerprint density at radius 2 is 2.00 bits per heavy atom. The Kier molecular flexibility index (Phi) is 4.86. The highest BCUT2D eigenvalue weighted by molar-refractivity contribution is 7.92. The van der Waals surface area contributed by atoms with Gasteiger partial charge in [0.05, 0.1) is 10.3 Å². The minimum Gasteiger partial charge on any atom is -0.293 e. The maximum atomic E-state index is 12.4. The second-order valence-corrected chi connectivity index (χ2v) is 8.29. The minimum atomic E-state index is -3.39. The summed E-state index contributed by atoms with van der Waals surface area (Å²) in [5, 5.41) is -0.0672. The zero-order chi connectivity index (χ0) is 14.8. The van der Waals surface area contributed by atoms with Crippen LogP contribution in [0.25, 0.3) is 0 Å². The standard InChI is InChI=1S/C15H19ClO3S/c1-11-5-4-6-12(9-11)20(18,19)10-15(17)13-7-2-3-8-14(13)16/h2-3,7-8,11-12H,4-6,9-10H2,1H3. The number of sulfone groups is 1. The van der Waals surface area contributed by atoms with Crippen LogP contribution in [0.5, 0.6) is 0 Å². The van der Waals surface area contributed by atoms with Crippen LogP contribution in [0, 0.1) is 5.92 Å². The van der Waals surface area contributed by atoms with Crippen molar-refractivity contribution in [3.05, 3.63) is 34.9 Å². The SMILES string of the molecule is CC1CCCC(S(=O)(=O)CC(=O)c2ccccc2Cl)C1. The van der Waals surface area contributed by atoms with E-state index in [1.54, 1.807) is 24.3 Å². The number of carbonyl (C=O) groups excluding carboxylic acids is 1. The van der Waals surface area contributed by atoms with E-state index < -0.39 is 21.4 Å². The Morgan fingerprint density at radius 1 is 1.30 bits per heavy atom. The first-order chi connectivity index (χ1) is 9.40. The molecule has 1 fully saturated rings. The van der Waals surface area contributed by atoms with Gasteiger partial charge in [-0.25, -0.2) is 8.42 Å². The number of hydrogen-bond donors (Lipinski definition) is 0. The first-order valence-electron chi connectivity index (χ1n) is 6.89. The second kappa shape index (κ2) is 6.27. The molecule has 1 aromatic carbocycles. The topological polar surface area (TPSA) is 51.2 Å². The first kappa shape index (κ1) is 15.5. The van der Waals surface area contributed by atoms with Crippen LogP contribution in [0.1, 0.15) is 43.0 Å². The Balaban J connectivity index is 2.12. The predicted octanol–water partition coefficient (Wildman–Crippen LogP) is 3.52. The van der Waals surface area contributed by atoms with E-state index in [2.05, 4.69) is 6.92 Å². The smallest absolute Gasteiger partial charge is 0.179 e. The zero-order valence-corrected chi connectivity index (χ0v) is 13.1. The van der Waals surface area contributed by atoms with E-state index in [1.165, 1.54) is 0 Å². The van der Waals surface area contributed by atoms with Crippen molar-refractivity contribution in [2.24, 2.45) is 5.92 Å². The van der Waals surface area contributed by atoms with Crippen molar-refractivity contribution in [3.8, 4) is 0 Å². The summed E-state index contributed by atoms with van der Waals surface area (Å²) in [4.78, 5) is 12.1. The van der Waals surface area contributed by atoms with Crippen LogP contribution in [0.2, 0.25) is 5.02 Å². The summed E-state index contributed by atoms with van der Waals surface area (Å²) < 4.78 is 24.7. The van der Waals surface area contributed by atoms with Gasteiger partial charge in [-0.05, 0) is 30.9 Å². The summed E-state index contributed by atoms with van der Waals surface area (Å²) in [7, 11) is -3.39. The van der Waals surface area contributed by atoms with Crippen molar-refractivity contribution >= 4 is 27.2 Å². The molecule has 0 heterocycles. The van der Waals surface area contributed by atoms with Gasteiger partial charge in [0.2, 0.25) is 0 Å². The lowest BCUT2D eigenvalue weighted by molar-refractivity contribution is 0.102. The lowest BCUT2D eigenvalue weighted by Gasteiger charge is -2.26. The normalized spacial score (nSPS) is 23.5. The molecule has 0 amide bonds. The van der Waals surface area contributed by atoms with Gasteiger partial charge in [-0.15, -0.1) is 0 Å². The third-order valence-corrected chi connectivity index (χ3v) is 6.34. The van der Waals surface area contributed by atoms with Crippen LogP contribution < -0.4 is 0 Å². The van der Waals surface area contributed by atoms with Crippen LogP contribution in [-0.4, -0.2) is 25.2 Å². The average molecular weight is 315 g/mol. The zero-order valence-electron chi connectivity index (χ0n) is 11.5. The molecule has 0 aromatic heterocycles. The molecule has 0 saturated heterocycles. The molecular weight excluding hydrogens is 296 g/mol. The van der Waals surface area contributed by atoms with Gasteiger partial charge < -0.3 is 0 Å². The van der Waals surface area contributed by atoms with E-state index in [9.17, 15) is 13.2 Å². The number of halogens is 1. The summed E-state index contributed by atoms with van der Waals surface area (Å²) in [5.41, 5.74) is 0.293. The number of rotatable bonds is 4. The van der Waals surface area contributed by atoms with Crippen molar-refractivity contribution in [2.75, 3.05) is 5.75 Å². The number of carbonyl (C=O) groups is 1. The highest BCUT2D eigenvalue weighted by Crippen LogP contribution is 2.29. The number of hydrogen-bond acceptors (Lipinski definition) is 3. The van der Waals surface area contributed by atoms with Gasteiger partial charge in [0.25, 0.3) is 0 Å². The van der Waals surface area contributed by atoms with Crippen molar-refractivity contribution in [2.45, 2.75) is 37.9 Å². The van der Waals surface area contributed by atoms with Gasteiger partial charge >= 0.3 is 0 Å². The molecule has 0 spiro atoms. The molecule has 0 radical (unpaired) electrons. The third-order valence-electron chi connectivity index (χ3n) is 3.90. The van der Waals surface area contributed by atoms with E-state index in [0.29, 0.717) is 29.3 Å². The van der Waals surface area contributed by atoms with Gasteiger partial charge in [0.1, 0.15) is 5.75 Å². The van der Waals surface area contributed by atoms with E-state index in [-0.39, 0.29) is 5.25 Å². The molecule has 20 heavy (non-hydrogen) atoms. The molecule has 2 atom stereocenters. The second-order valence-electron chi connectivity index (χ2n) is 5.60. The molecule has 5 heteroatoms. The summed E-state index contributed by atoms with van der Waals surface area (Å²) in [6.45, 7) is 2.07. The fourth-order valence-corrected chi connectivity index (χ4v) is 4.92. The lowest BCUT2D eigenvalue weighted by Crippen LogP contribution is -2.32. The molecule has 2 rings (SSSR count). The van der Waals surface area contributed by atoms with Crippen molar-refractivity contribution in [1.82, 2.24) is 0 Å². The molecule has 0 N–H and O–H groups in total. The highest BCUT2D eigenvalue weighted by atomic mass is 35.5. The molecule has 1 aliphatic carbocycles. The van der Waals surface area contributed by atoms with Crippen LogP contribution in [0.15, 0.2) is 24.3 Å². The van der Waals surface area contributed by atoms with Gasteiger partial charge in [0, 0.05) is 5.56 Å².